The molecule has 0 bridgehead atoms. The van der Waals surface area contributed by atoms with Crippen LogP contribution in [0.25, 0.3) is 0 Å². The molecular weight excluding hydrogens is 292 g/mol. The van der Waals surface area contributed by atoms with Crippen molar-refractivity contribution >= 4 is 27.8 Å². The highest BCUT2D eigenvalue weighted by molar-refractivity contribution is 9.10. The van der Waals surface area contributed by atoms with E-state index in [1.54, 1.807) is 16.8 Å². The lowest BCUT2D eigenvalue weighted by atomic mass is 10.4. The van der Waals surface area contributed by atoms with E-state index in [4.69, 9.17) is 5.11 Å². The second-order valence-corrected chi connectivity index (χ2v) is 4.27. The number of carbonyl (C=O) groups excluding carboxylic acids is 1. The van der Waals surface area contributed by atoms with Crippen LogP contribution in [0.3, 0.4) is 0 Å². The summed E-state index contributed by atoms with van der Waals surface area (Å²) in [7, 11) is 0. The number of nitrogens with one attached hydrogen (secondary N) is 1. The van der Waals surface area contributed by atoms with Crippen LogP contribution in [0.4, 0.5) is 0 Å². The van der Waals surface area contributed by atoms with E-state index in [0.29, 0.717) is 12.2 Å². The van der Waals surface area contributed by atoms with Gasteiger partial charge in [-0.15, -0.1) is 0 Å². The van der Waals surface area contributed by atoms with Gasteiger partial charge in [0.1, 0.15) is 5.69 Å². The van der Waals surface area contributed by atoms with Gasteiger partial charge >= 0.3 is 5.97 Å². The first-order chi connectivity index (χ1) is 8.04. The number of carbonyl (C=O) groups is 2. The molecule has 7 heteroatoms. The maximum atomic E-state index is 11.7. The van der Waals surface area contributed by atoms with Gasteiger partial charge in [-0.1, -0.05) is 6.92 Å². The molecule has 94 valence electrons. The minimum absolute atomic E-state index is 0.420. The number of aryl methyl sites for hydroxylation is 1. The number of amides is 1. The fourth-order valence-corrected chi connectivity index (χ4v) is 1.77. The highest BCUT2D eigenvalue weighted by atomic mass is 79.9. The molecule has 0 saturated carbocycles. The number of carboxylic acids is 1. The van der Waals surface area contributed by atoms with Crippen molar-refractivity contribution in [1.82, 2.24) is 10.0 Å². The number of carboxylic acid groups (broad SMARTS) is 1. The lowest BCUT2D eigenvalue weighted by Gasteiger charge is -2.07. The smallest absolute Gasteiger partial charge is 0.332 e. The third kappa shape index (κ3) is 4.20. The first-order valence-corrected chi connectivity index (χ1v) is 5.83. The fourth-order valence-electron chi connectivity index (χ4n) is 1.31. The second-order valence-electron chi connectivity index (χ2n) is 3.35. The van der Waals surface area contributed by atoms with Gasteiger partial charge in [-0.3, -0.25) is 9.63 Å². The van der Waals surface area contributed by atoms with Crippen molar-refractivity contribution in [2.75, 3.05) is 6.61 Å². The molecule has 0 spiro atoms. The van der Waals surface area contributed by atoms with E-state index < -0.39 is 18.5 Å². The maximum absolute atomic E-state index is 11.7. The van der Waals surface area contributed by atoms with Crippen LogP contribution in [0, 0.1) is 0 Å². The molecule has 0 radical (unpaired) electrons. The number of hydrogen-bond acceptors (Lipinski definition) is 3. The topological polar surface area (TPSA) is 80.6 Å². The Labute approximate surface area is 107 Å². The summed E-state index contributed by atoms with van der Waals surface area (Å²) in [6.45, 7) is 2.13. The molecule has 1 amide bonds. The number of hydroxylamine groups is 1. The van der Waals surface area contributed by atoms with E-state index in [-0.39, 0.29) is 0 Å². The van der Waals surface area contributed by atoms with E-state index in [9.17, 15) is 9.59 Å². The predicted molar refractivity (Wildman–Crippen MR) is 63.5 cm³/mol. The Morgan fingerprint density at radius 2 is 2.29 bits per heavy atom. The molecule has 0 aliphatic carbocycles. The van der Waals surface area contributed by atoms with Crippen molar-refractivity contribution in [3.63, 3.8) is 0 Å². The minimum atomic E-state index is -1.14. The SMILES string of the molecule is CCCn1cc(Br)cc1C(=O)NOCC(=O)O. The van der Waals surface area contributed by atoms with Crippen LogP contribution in [-0.2, 0) is 16.2 Å². The molecule has 0 unspecified atom stereocenters. The first-order valence-electron chi connectivity index (χ1n) is 5.04. The van der Waals surface area contributed by atoms with Crippen LogP contribution >= 0.6 is 15.9 Å². The Kier molecular flexibility index (Phi) is 5.17. The maximum Gasteiger partial charge on any atom is 0.332 e. The van der Waals surface area contributed by atoms with Gasteiger partial charge in [0.05, 0.1) is 0 Å². The molecule has 1 aromatic rings. The summed E-state index contributed by atoms with van der Waals surface area (Å²) in [6.07, 6.45) is 2.67. The zero-order valence-corrected chi connectivity index (χ0v) is 10.9. The van der Waals surface area contributed by atoms with Crippen molar-refractivity contribution in [2.24, 2.45) is 0 Å². The van der Waals surface area contributed by atoms with E-state index in [2.05, 4.69) is 26.2 Å². The van der Waals surface area contributed by atoms with Gasteiger partial charge in [0.2, 0.25) is 0 Å². The number of aromatic nitrogens is 1. The number of halogens is 1. The standard InChI is InChI=1S/C10H13BrN2O4/c1-2-3-13-5-7(11)4-8(13)10(16)12-17-6-9(14)15/h4-5H,2-3,6H2,1H3,(H,12,16)(H,14,15). The van der Waals surface area contributed by atoms with E-state index in [1.165, 1.54) is 0 Å². The number of rotatable bonds is 6. The molecule has 1 rings (SSSR count). The van der Waals surface area contributed by atoms with E-state index >= 15 is 0 Å². The summed E-state index contributed by atoms with van der Waals surface area (Å²) in [5, 5.41) is 8.35. The van der Waals surface area contributed by atoms with Gasteiger partial charge in [0.25, 0.3) is 5.91 Å². The van der Waals surface area contributed by atoms with Crippen LogP contribution in [-0.4, -0.2) is 28.2 Å². The van der Waals surface area contributed by atoms with Crippen LogP contribution in [0.15, 0.2) is 16.7 Å². The average molecular weight is 305 g/mol. The van der Waals surface area contributed by atoms with Crippen molar-refractivity contribution in [3.05, 3.63) is 22.4 Å². The lowest BCUT2D eigenvalue weighted by Crippen LogP contribution is -2.28. The Balaban J connectivity index is 2.64. The zero-order chi connectivity index (χ0) is 12.8. The fraction of sp³-hybridized carbons (Fsp3) is 0.400. The Bertz CT molecular complexity index is 416. The summed E-state index contributed by atoms with van der Waals surface area (Å²) in [6, 6.07) is 1.65. The van der Waals surface area contributed by atoms with Gasteiger partial charge in [0, 0.05) is 17.2 Å². The van der Waals surface area contributed by atoms with Crippen molar-refractivity contribution in [2.45, 2.75) is 19.9 Å². The van der Waals surface area contributed by atoms with Gasteiger partial charge in [-0.05, 0) is 28.4 Å². The molecule has 1 aromatic heterocycles. The molecule has 0 atom stereocenters. The van der Waals surface area contributed by atoms with Crippen molar-refractivity contribution in [3.8, 4) is 0 Å². The van der Waals surface area contributed by atoms with Crippen LogP contribution in [0.2, 0.25) is 0 Å². The third-order valence-corrected chi connectivity index (χ3v) is 2.35. The molecular formula is C10H13BrN2O4. The molecule has 0 saturated heterocycles. The average Bonchev–Trinajstić information content (AvgIpc) is 2.59. The van der Waals surface area contributed by atoms with Crippen molar-refractivity contribution < 1.29 is 19.5 Å². The lowest BCUT2D eigenvalue weighted by molar-refractivity contribution is -0.144. The molecule has 0 aromatic carbocycles. The Morgan fingerprint density at radius 3 is 2.88 bits per heavy atom. The summed E-state index contributed by atoms with van der Waals surface area (Å²) in [4.78, 5) is 26.4. The van der Waals surface area contributed by atoms with Gasteiger partial charge in [0.15, 0.2) is 6.61 Å². The second kappa shape index (κ2) is 6.41. The van der Waals surface area contributed by atoms with E-state index in [0.717, 1.165) is 10.9 Å². The highest BCUT2D eigenvalue weighted by Crippen LogP contribution is 2.15. The van der Waals surface area contributed by atoms with Gasteiger partial charge in [-0.25, -0.2) is 10.3 Å². The van der Waals surface area contributed by atoms with Crippen LogP contribution in [0.5, 0.6) is 0 Å². The predicted octanol–water partition coefficient (Wildman–Crippen LogP) is 1.41. The zero-order valence-electron chi connectivity index (χ0n) is 9.27. The van der Waals surface area contributed by atoms with Crippen molar-refractivity contribution in [1.29, 1.82) is 0 Å². The van der Waals surface area contributed by atoms with E-state index in [1.807, 2.05) is 6.92 Å². The monoisotopic (exact) mass is 304 g/mol. The summed E-state index contributed by atoms with van der Waals surface area (Å²) in [5.74, 6) is -1.61. The number of nitrogens with zero attached hydrogens (tertiary/aromatic N) is 1. The van der Waals surface area contributed by atoms with Crippen LogP contribution < -0.4 is 5.48 Å². The molecule has 6 nitrogen and oxygen atoms in total. The quantitative estimate of drug-likeness (QED) is 0.779. The first kappa shape index (κ1) is 13.7. The van der Waals surface area contributed by atoms with Gasteiger partial charge < -0.3 is 9.67 Å². The van der Waals surface area contributed by atoms with Gasteiger partial charge in [-0.2, -0.15) is 0 Å². The highest BCUT2D eigenvalue weighted by Gasteiger charge is 2.13. The molecule has 0 fully saturated rings. The molecule has 0 aliphatic rings. The Hall–Kier alpha value is -1.34. The Morgan fingerprint density at radius 1 is 1.59 bits per heavy atom. The summed E-state index contributed by atoms with van der Waals surface area (Å²) < 4.78 is 2.55. The summed E-state index contributed by atoms with van der Waals surface area (Å²) in [5.41, 5.74) is 2.50. The molecule has 2 N–H and O–H groups in total. The minimum Gasteiger partial charge on any atom is -0.479 e. The normalized spacial score (nSPS) is 10.2. The van der Waals surface area contributed by atoms with Crippen LogP contribution in [0.1, 0.15) is 23.8 Å². The number of hydrogen-bond donors (Lipinski definition) is 2. The number of aliphatic carboxylic acids is 1. The third-order valence-electron chi connectivity index (χ3n) is 1.92. The largest absolute Gasteiger partial charge is 0.479 e. The summed E-state index contributed by atoms with van der Waals surface area (Å²) >= 11 is 3.28. The molecule has 17 heavy (non-hydrogen) atoms. The molecule has 0 aliphatic heterocycles. The molecule has 1 heterocycles.